The van der Waals surface area contributed by atoms with Crippen LogP contribution in [0, 0.1) is 5.92 Å². The molecule has 2 heterocycles. The van der Waals surface area contributed by atoms with Crippen molar-refractivity contribution in [3.05, 3.63) is 42.2 Å². The lowest BCUT2D eigenvalue weighted by Crippen LogP contribution is -2.28. The molecule has 1 fully saturated rings. The molecule has 23 heavy (non-hydrogen) atoms. The van der Waals surface area contributed by atoms with Gasteiger partial charge in [0.2, 0.25) is 5.91 Å². The minimum atomic E-state index is -4.54. The summed E-state index contributed by atoms with van der Waals surface area (Å²) in [5, 5.41) is 2.15. The summed E-state index contributed by atoms with van der Waals surface area (Å²) in [6.45, 7) is 0.753. The van der Waals surface area contributed by atoms with Gasteiger partial charge in [0.15, 0.2) is 0 Å². The predicted octanol–water partition coefficient (Wildman–Crippen LogP) is 1.93. The van der Waals surface area contributed by atoms with E-state index in [1.807, 2.05) is 30.3 Å². The van der Waals surface area contributed by atoms with E-state index in [-0.39, 0.29) is 18.9 Å². The monoisotopic (exact) mass is 336 g/mol. The number of likely N-dealkylation sites (tertiary alicyclic amines) is 1. The van der Waals surface area contributed by atoms with E-state index in [9.17, 15) is 17.1 Å². The molecule has 0 radical (unpaired) electrons. The number of carbonyl (C=O) groups is 1. The van der Waals surface area contributed by atoms with E-state index in [1.165, 1.54) is 0 Å². The van der Waals surface area contributed by atoms with E-state index in [1.54, 1.807) is 11.1 Å². The highest BCUT2D eigenvalue weighted by atomic mass is 32.3. The van der Waals surface area contributed by atoms with Gasteiger partial charge in [-0.2, -0.15) is 8.42 Å². The highest BCUT2D eigenvalue weighted by Crippen LogP contribution is 2.21. The minimum absolute atomic E-state index is 0.0916. The molecule has 5 nitrogen and oxygen atoms in total. The fourth-order valence-electron chi connectivity index (χ4n) is 2.98. The molecule has 0 spiro atoms. The zero-order chi connectivity index (χ0) is 16.4. The van der Waals surface area contributed by atoms with Crippen LogP contribution < -0.4 is 0 Å². The lowest BCUT2D eigenvalue weighted by Gasteiger charge is -2.16. The Morgan fingerprint density at radius 3 is 2.74 bits per heavy atom. The molecule has 0 N–H and O–H groups in total. The van der Waals surface area contributed by atoms with Crippen molar-refractivity contribution in [1.82, 2.24) is 9.88 Å². The third-order valence-corrected chi connectivity index (χ3v) is 4.92. The van der Waals surface area contributed by atoms with Gasteiger partial charge in [0.1, 0.15) is 0 Å². The molecule has 122 valence electrons. The van der Waals surface area contributed by atoms with Crippen LogP contribution in [-0.2, 0) is 21.4 Å². The molecule has 1 aromatic heterocycles. The number of rotatable bonds is 5. The largest absolute Gasteiger partial charge is 0.342 e. The van der Waals surface area contributed by atoms with Crippen LogP contribution in [0.25, 0.3) is 10.8 Å². The van der Waals surface area contributed by atoms with Crippen LogP contribution in [0.15, 0.2) is 36.5 Å². The van der Waals surface area contributed by atoms with E-state index in [0.717, 1.165) is 16.5 Å². The maximum absolute atomic E-state index is 12.7. The van der Waals surface area contributed by atoms with E-state index in [0.29, 0.717) is 13.0 Å². The van der Waals surface area contributed by atoms with Crippen LogP contribution in [0.1, 0.15) is 12.1 Å². The van der Waals surface area contributed by atoms with Crippen molar-refractivity contribution in [1.29, 1.82) is 0 Å². The Bertz CT molecular complexity index is 838. The first-order chi connectivity index (χ1) is 10.9. The molecular weight excluding hydrogens is 319 g/mol. The Morgan fingerprint density at radius 1 is 1.26 bits per heavy atom. The van der Waals surface area contributed by atoms with Crippen LogP contribution in [0.2, 0.25) is 0 Å². The molecule has 1 unspecified atom stereocenters. The van der Waals surface area contributed by atoms with Crippen molar-refractivity contribution in [2.75, 3.05) is 18.8 Å². The van der Waals surface area contributed by atoms with Gasteiger partial charge in [0, 0.05) is 49.1 Å². The number of halogens is 1. The van der Waals surface area contributed by atoms with Gasteiger partial charge in [0.05, 0.1) is 5.75 Å². The van der Waals surface area contributed by atoms with E-state index in [2.05, 4.69) is 4.98 Å². The SMILES string of the molecule is O=C1CC(CS(=O)(=O)F)CN1CCc1cc2ccccc2cn1. The van der Waals surface area contributed by atoms with E-state index >= 15 is 0 Å². The van der Waals surface area contributed by atoms with E-state index < -0.39 is 21.9 Å². The van der Waals surface area contributed by atoms with Crippen LogP contribution in [0.5, 0.6) is 0 Å². The molecule has 0 aliphatic carbocycles. The van der Waals surface area contributed by atoms with Crippen LogP contribution in [0.3, 0.4) is 0 Å². The van der Waals surface area contributed by atoms with Crippen molar-refractivity contribution in [2.24, 2.45) is 5.92 Å². The molecule has 1 aliphatic rings. The van der Waals surface area contributed by atoms with Gasteiger partial charge in [-0.25, -0.2) is 0 Å². The zero-order valence-corrected chi connectivity index (χ0v) is 13.3. The Kier molecular flexibility index (Phi) is 4.30. The smallest absolute Gasteiger partial charge is 0.302 e. The molecule has 1 saturated heterocycles. The van der Waals surface area contributed by atoms with Crippen molar-refractivity contribution >= 4 is 26.9 Å². The molecule has 0 bridgehead atoms. The third-order valence-electron chi connectivity index (χ3n) is 4.05. The second-order valence-corrected chi connectivity index (χ2v) is 7.30. The van der Waals surface area contributed by atoms with Gasteiger partial charge in [0.25, 0.3) is 0 Å². The maximum atomic E-state index is 12.7. The van der Waals surface area contributed by atoms with Gasteiger partial charge in [-0.15, -0.1) is 3.89 Å². The van der Waals surface area contributed by atoms with Gasteiger partial charge in [-0.1, -0.05) is 24.3 Å². The topological polar surface area (TPSA) is 67.3 Å². The molecule has 0 saturated carbocycles. The zero-order valence-electron chi connectivity index (χ0n) is 12.5. The predicted molar refractivity (Wildman–Crippen MR) is 85.0 cm³/mol. The van der Waals surface area contributed by atoms with Gasteiger partial charge >= 0.3 is 10.2 Å². The second kappa shape index (κ2) is 6.23. The number of benzene rings is 1. The quantitative estimate of drug-likeness (QED) is 0.783. The molecular formula is C16H17FN2O3S. The fourth-order valence-corrected chi connectivity index (χ4v) is 3.76. The highest BCUT2D eigenvalue weighted by Gasteiger charge is 2.32. The summed E-state index contributed by atoms with van der Waals surface area (Å²) in [7, 11) is -4.54. The third kappa shape index (κ3) is 4.04. The van der Waals surface area contributed by atoms with Gasteiger partial charge in [-0.3, -0.25) is 9.78 Å². The van der Waals surface area contributed by atoms with Crippen LogP contribution in [0.4, 0.5) is 3.89 Å². The second-order valence-electron chi connectivity index (χ2n) is 5.89. The summed E-state index contributed by atoms with van der Waals surface area (Å²) in [5.41, 5.74) is 0.873. The number of nitrogens with zero attached hydrogens (tertiary/aromatic N) is 2. The maximum Gasteiger partial charge on any atom is 0.302 e. The van der Waals surface area contributed by atoms with Crippen molar-refractivity contribution in [3.8, 4) is 0 Å². The molecule has 1 aliphatic heterocycles. The minimum Gasteiger partial charge on any atom is -0.342 e. The first-order valence-electron chi connectivity index (χ1n) is 7.44. The summed E-state index contributed by atoms with van der Waals surface area (Å²) < 4.78 is 34.1. The first-order valence-corrected chi connectivity index (χ1v) is 9.00. The lowest BCUT2D eigenvalue weighted by atomic mass is 10.1. The Balaban J connectivity index is 1.62. The number of carbonyl (C=O) groups excluding carboxylic acids is 1. The van der Waals surface area contributed by atoms with Gasteiger partial charge < -0.3 is 4.90 Å². The Labute approximate surface area is 134 Å². The van der Waals surface area contributed by atoms with Crippen LogP contribution >= 0.6 is 0 Å². The molecule has 7 heteroatoms. The fraction of sp³-hybridized carbons (Fsp3) is 0.375. The molecule has 1 aromatic carbocycles. The van der Waals surface area contributed by atoms with Crippen LogP contribution in [-0.4, -0.2) is 43.1 Å². The summed E-state index contributed by atoms with van der Waals surface area (Å²) in [6.07, 6.45) is 2.48. The molecule has 1 atom stereocenters. The van der Waals surface area contributed by atoms with Crippen molar-refractivity contribution < 1.29 is 17.1 Å². The standard InChI is InChI=1S/C16H17FN2O3S/c17-23(21,22)11-12-7-16(20)19(10-12)6-5-15-8-13-3-1-2-4-14(13)9-18-15/h1-4,8-9,12H,5-7,10-11H2. The van der Waals surface area contributed by atoms with E-state index in [4.69, 9.17) is 0 Å². The normalized spacial score (nSPS) is 18.7. The molecule has 2 aromatic rings. The average molecular weight is 336 g/mol. The Morgan fingerprint density at radius 2 is 2.00 bits per heavy atom. The molecule has 3 rings (SSSR count). The number of aromatic nitrogens is 1. The summed E-state index contributed by atoms with van der Waals surface area (Å²) >= 11 is 0. The molecule has 1 amide bonds. The average Bonchev–Trinajstić information content (AvgIpc) is 2.82. The number of hydrogen-bond acceptors (Lipinski definition) is 4. The number of hydrogen-bond donors (Lipinski definition) is 0. The first kappa shape index (κ1) is 15.9. The number of amides is 1. The van der Waals surface area contributed by atoms with Crippen molar-refractivity contribution in [2.45, 2.75) is 12.8 Å². The highest BCUT2D eigenvalue weighted by molar-refractivity contribution is 7.86. The number of pyridine rings is 1. The summed E-state index contributed by atoms with van der Waals surface area (Å²) in [6, 6.07) is 9.88. The Hall–Kier alpha value is -2.02. The summed E-state index contributed by atoms with van der Waals surface area (Å²) in [4.78, 5) is 17.9. The lowest BCUT2D eigenvalue weighted by molar-refractivity contribution is -0.127. The van der Waals surface area contributed by atoms with Gasteiger partial charge in [-0.05, 0) is 11.5 Å². The number of fused-ring (bicyclic) bond motifs is 1. The summed E-state index contributed by atoms with van der Waals surface area (Å²) in [5.74, 6) is -1.16. The van der Waals surface area contributed by atoms with Crippen molar-refractivity contribution in [3.63, 3.8) is 0 Å².